The van der Waals surface area contributed by atoms with Gasteiger partial charge in [0.1, 0.15) is 5.69 Å². The van der Waals surface area contributed by atoms with Crippen LogP contribution in [0.4, 0.5) is 5.82 Å². The SMILES string of the molecule is CC(=O)c1cc([N+](=O)[O-])nn1CCBr. The van der Waals surface area contributed by atoms with E-state index in [2.05, 4.69) is 21.0 Å². The summed E-state index contributed by atoms with van der Waals surface area (Å²) < 4.78 is 1.33. The molecule has 0 aliphatic heterocycles. The number of carbonyl (C=O) groups excluding carboxylic acids is 1. The van der Waals surface area contributed by atoms with Crippen molar-refractivity contribution in [3.8, 4) is 0 Å². The number of hydrogen-bond donors (Lipinski definition) is 0. The van der Waals surface area contributed by atoms with Gasteiger partial charge in [-0.15, -0.1) is 0 Å². The van der Waals surface area contributed by atoms with Crippen LogP contribution in [0.5, 0.6) is 0 Å². The first-order valence-corrected chi connectivity index (χ1v) is 4.97. The van der Waals surface area contributed by atoms with E-state index in [0.29, 0.717) is 11.9 Å². The normalized spacial score (nSPS) is 10.1. The monoisotopic (exact) mass is 261 g/mol. The van der Waals surface area contributed by atoms with Crippen LogP contribution in [0, 0.1) is 10.1 Å². The van der Waals surface area contributed by atoms with Gasteiger partial charge in [-0.2, -0.15) is 4.68 Å². The summed E-state index contributed by atoms with van der Waals surface area (Å²) in [6.45, 7) is 1.79. The van der Waals surface area contributed by atoms with E-state index >= 15 is 0 Å². The predicted octanol–water partition coefficient (Wildman–Crippen LogP) is 1.39. The maximum atomic E-state index is 11.1. The van der Waals surface area contributed by atoms with Gasteiger partial charge < -0.3 is 10.1 Å². The second-order valence-electron chi connectivity index (χ2n) is 2.61. The molecule has 0 unspecified atom stereocenters. The molecule has 0 atom stereocenters. The topological polar surface area (TPSA) is 78.0 Å². The van der Waals surface area contributed by atoms with Crippen LogP contribution in [-0.4, -0.2) is 25.8 Å². The Morgan fingerprint density at radius 2 is 2.43 bits per heavy atom. The number of ketones is 1. The molecule has 0 aromatic carbocycles. The van der Waals surface area contributed by atoms with Crippen molar-refractivity contribution in [1.82, 2.24) is 9.78 Å². The maximum Gasteiger partial charge on any atom is 0.390 e. The Balaban J connectivity index is 3.12. The van der Waals surface area contributed by atoms with Crippen LogP contribution in [0.15, 0.2) is 6.07 Å². The molecule has 1 aromatic heterocycles. The van der Waals surface area contributed by atoms with Crippen LogP contribution in [0.25, 0.3) is 0 Å². The molecular weight excluding hydrogens is 254 g/mol. The molecule has 76 valence electrons. The van der Waals surface area contributed by atoms with Gasteiger partial charge in [-0.05, 0) is 4.92 Å². The molecule has 0 bridgehead atoms. The third-order valence-electron chi connectivity index (χ3n) is 1.61. The lowest BCUT2D eigenvalue weighted by molar-refractivity contribution is -0.389. The number of nitrogens with zero attached hydrogens (tertiary/aromatic N) is 3. The molecule has 1 rings (SSSR count). The minimum absolute atomic E-state index is 0.230. The summed E-state index contributed by atoms with van der Waals surface area (Å²) in [6, 6.07) is 1.19. The highest BCUT2D eigenvalue weighted by Gasteiger charge is 2.19. The molecule has 0 fully saturated rings. The minimum Gasteiger partial charge on any atom is -0.358 e. The van der Waals surface area contributed by atoms with E-state index < -0.39 is 4.92 Å². The molecule has 0 saturated carbocycles. The smallest absolute Gasteiger partial charge is 0.358 e. The highest BCUT2D eigenvalue weighted by molar-refractivity contribution is 9.09. The molecule has 1 heterocycles. The summed E-state index contributed by atoms with van der Waals surface area (Å²) in [5.74, 6) is -0.525. The van der Waals surface area contributed by atoms with Crippen molar-refractivity contribution in [3.05, 3.63) is 21.9 Å². The Morgan fingerprint density at radius 3 is 2.86 bits per heavy atom. The molecule has 0 spiro atoms. The van der Waals surface area contributed by atoms with E-state index in [9.17, 15) is 14.9 Å². The first-order valence-electron chi connectivity index (χ1n) is 3.85. The summed E-state index contributed by atoms with van der Waals surface area (Å²) >= 11 is 3.17. The van der Waals surface area contributed by atoms with Crippen LogP contribution in [0.3, 0.4) is 0 Å². The minimum atomic E-state index is -0.614. The number of hydrogen-bond acceptors (Lipinski definition) is 4. The molecule has 0 aliphatic carbocycles. The number of aryl methyl sites for hydroxylation is 1. The van der Waals surface area contributed by atoms with Crippen LogP contribution >= 0.6 is 15.9 Å². The number of rotatable bonds is 4. The van der Waals surface area contributed by atoms with Gasteiger partial charge >= 0.3 is 5.82 Å². The van der Waals surface area contributed by atoms with Crippen LogP contribution < -0.4 is 0 Å². The van der Waals surface area contributed by atoms with Crippen molar-refractivity contribution in [2.24, 2.45) is 0 Å². The Hall–Kier alpha value is -1.24. The van der Waals surface area contributed by atoms with Crippen molar-refractivity contribution < 1.29 is 9.72 Å². The predicted molar refractivity (Wildman–Crippen MR) is 52.7 cm³/mol. The molecule has 0 saturated heterocycles. The first-order chi connectivity index (χ1) is 6.56. The zero-order chi connectivity index (χ0) is 10.7. The van der Waals surface area contributed by atoms with Crippen molar-refractivity contribution >= 4 is 27.5 Å². The van der Waals surface area contributed by atoms with Crippen molar-refractivity contribution in [2.75, 3.05) is 5.33 Å². The fraction of sp³-hybridized carbons (Fsp3) is 0.429. The van der Waals surface area contributed by atoms with E-state index in [1.165, 1.54) is 17.7 Å². The van der Waals surface area contributed by atoms with Gasteiger partial charge in [0, 0.05) is 12.3 Å². The molecule has 0 amide bonds. The highest BCUT2D eigenvalue weighted by atomic mass is 79.9. The van der Waals surface area contributed by atoms with Gasteiger partial charge in [-0.1, -0.05) is 15.9 Å². The van der Waals surface area contributed by atoms with Gasteiger partial charge in [0.2, 0.25) is 0 Å². The van der Waals surface area contributed by atoms with Crippen LogP contribution in [0.2, 0.25) is 0 Å². The molecule has 0 N–H and O–H groups in total. The van der Waals surface area contributed by atoms with Gasteiger partial charge in [0.25, 0.3) is 0 Å². The summed E-state index contributed by atoms with van der Waals surface area (Å²) in [5, 5.41) is 14.7. The summed E-state index contributed by atoms with van der Waals surface area (Å²) in [5.41, 5.74) is 0.260. The summed E-state index contributed by atoms with van der Waals surface area (Å²) in [7, 11) is 0. The van der Waals surface area contributed by atoms with Crippen molar-refractivity contribution in [1.29, 1.82) is 0 Å². The number of carbonyl (C=O) groups is 1. The first kappa shape index (κ1) is 10.8. The fourth-order valence-corrected chi connectivity index (χ4v) is 1.36. The zero-order valence-electron chi connectivity index (χ0n) is 7.44. The Labute approximate surface area is 88.2 Å². The van der Waals surface area contributed by atoms with E-state index in [1.807, 2.05) is 0 Å². The lowest BCUT2D eigenvalue weighted by atomic mass is 10.3. The number of nitro groups is 1. The summed E-state index contributed by atoms with van der Waals surface area (Å²) in [6.07, 6.45) is 0. The third-order valence-corrected chi connectivity index (χ3v) is 1.97. The molecule has 0 radical (unpaired) electrons. The van der Waals surface area contributed by atoms with Gasteiger partial charge in [0.05, 0.1) is 17.7 Å². The Bertz CT molecular complexity index is 374. The Morgan fingerprint density at radius 1 is 1.79 bits per heavy atom. The van der Waals surface area contributed by atoms with Gasteiger partial charge in [-0.25, -0.2) is 0 Å². The molecular formula is C7H8BrN3O3. The van der Waals surface area contributed by atoms with Crippen molar-refractivity contribution in [3.63, 3.8) is 0 Å². The average molecular weight is 262 g/mol. The molecule has 0 aliphatic rings. The molecule has 7 heteroatoms. The number of Topliss-reactive ketones (excluding diaryl/α,β-unsaturated/α-hetero) is 1. The second kappa shape index (κ2) is 4.32. The maximum absolute atomic E-state index is 11.1. The molecule has 6 nitrogen and oxygen atoms in total. The van der Waals surface area contributed by atoms with Gasteiger partial charge in [0.15, 0.2) is 5.78 Å². The van der Waals surface area contributed by atoms with E-state index in [-0.39, 0.29) is 17.3 Å². The lowest BCUT2D eigenvalue weighted by Crippen LogP contribution is -2.09. The Kier molecular flexibility index (Phi) is 3.34. The largest absolute Gasteiger partial charge is 0.390 e. The highest BCUT2D eigenvalue weighted by Crippen LogP contribution is 2.12. The van der Waals surface area contributed by atoms with Crippen LogP contribution in [-0.2, 0) is 6.54 Å². The molecule has 14 heavy (non-hydrogen) atoms. The lowest BCUT2D eigenvalue weighted by Gasteiger charge is -1.94. The van der Waals surface area contributed by atoms with E-state index in [0.717, 1.165) is 0 Å². The number of halogens is 1. The zero-order valence-corrected chi connectivity index (χ0v) is 9.02. The van der Waals surface area contributed by atoms with Crippen molar-refractivity contribution in [2.45, 2.75) is 13.5 Å². The van der Waals surface area contributed by atoms with Gasteiger partial charge in [-0.3, -0.25) is 4.79 Å². The van der Waals surface area contributed by atoms with Crippen LogP contribution in [0.1, 0.15) is 17.4 Å². The number of alkyl halides is 1. The molecule has 1 aromatic rings. The quantitative estimate of drug-likeness (QED) is 0.355. The fourth-order valence-electron chi connectivity index (χ4n) is 1.03. The number of aromatic nitrogens is 2. The third kappa shape index (κ3) is 2.16. The standard InChI is InChI=1S/C7H8BrN3O3/c1-5(12)6-4-7(11(13)14)9-10(6)3-2-8/h4H,2-3H2,1H3. The summed E-state index contributed by atoms with van der Waals surface area (Å²) in [4.78, 5) is 20.9. The second-order valence-corrected chi connectivity index (χ2v) is 3.41. The van der Waals surface area contributed by atoms with E-state index in [4.69, 9.17) is 0 Å². The average Bonchev–Trinajstić information content (AvgIpc) is 2.49. The van der Waals surface area contributed by atoms with E-state index in [1.54, 1.807) is 0 Å².